The highest BCUT2D eigenvalue weighted by Crippen LogP contribution is 2.40. The van der Waals surface area contributed by atoms with Gasteiger partial charge < -0.3 is 10.2 Å². The van der Waals surface area contributed by atoms with Gasteiger partial charge in [0.15, 0.2) is 0 Å². The largest absolute Gasteiger partial charge is 0.479 e. The first kappa shape index (κ1) is 13.0. The van der Waals surface area contributed by atoms with Crippen molar-refractivity contribution in [1.82, 2.24) is 0 Å². The van der Waals surface area contributed by atoms with Gasteiger partial charge >= 0.3 is 5.97 Å². The number of rotatable bonds is 3. The molecule has 0 saturated carbocycles. The molecule has 0 fully saturated rings. The van der Waals surface area contributed by atoms with Crippen LogP contribution in [0.15, 0.2) is 0 Å². The van der Waals surface area contributed by atoms with Gasteiger partial charge in [-0.2, -0.15) is 0 Å². The number of ketones is 1. The minimum atomic E-state index is -2.68. The molecule has 0 aromatic rings. The van der Waals surface area contributed by atoms with Crippen LogP contribution in [0, 0.1) is 0 Å². The van der Waals surface area contributed by atoms with Gasteiger partial charge in [0.05, 0.1) is 6.42 Å². The molecule has 0 aromatic heterocycles. The van der Waals surface area contributed by atoms with Gasteiger partial charge in [0, 0.05) is 0 Å². The fourth-order valence-corrected chi connectivity index (χ4v) is 1.10. The van der Waals surface area contributed by atoms with Crippen molar-refractivity contribution in [2.45, 2.75) is 22.7 Å². The summed E-state index contributed by atoms with van der Waals surface area (Å²) in [5.41, 5.74) is -2.68. The zero-order valence-corrected chi connectivity index (χ0v) is 8.82. The van der Waals surface area contributed by atoms with Crippen LogP contribution in [0.1, 0.15) is 13.3 Å². The van der Waals surface area contributed by atoms with E-state index >= 15 is 0 Å². The van der Waals surface area contributed by atoms with E-state index in [-0.39, 0.29) is 0 Å². The van der Waals surface area contributed by atoms with Gasteiger partial charge in [-0.25, -0.2) is 4.79 Å². The van der Waals surface area contributed by atoms with E-state index in [0.29, 0.717) is 0 Å². The number of aliphatic carboxylic acids is 1. The standard InChI is InChI=1S/C6H7Cl3O4/c1-3(10)2-5(13,4(11)12)6(7,8)9/h13H,2H2,1H3,(H,11,12). The lowest BCUT2D eigenvalue weighted by molar-refractivity contribution is -0.160. The molecule has 0 amide bonds. The number of Topliss-reactive ketones (excluding diaryl/α,β-unsaturated/α-hetero) is 1. The molecule has 0 heterocycles. The van der Waals surface area contributed by atoms with Crippen LogP contribution in [-0.2, 0) is 9.59 Å². The van der Waals surface area contributed by atoms with E-state index in [4.69, 9.17) is 39.9 Å². The number of carbonyl (C=O) groups is 2. The Morgan fingerprint density at radius 2 is 1.69 bits per heavy atom. The second-order valence-corrected chi connectivity index (χ2v) is 4.82. The molecule has 1 unspecified atom stereocenters. The molecule has 0 rings (SSSR count). The first-order chi connectivity index (χ1) is 5.61. The number of halogens is 3. The number of carboxylic acid groups (broad SMARTS) is 1. The van der Waals surface area contributed by atoms with Crippen molar-refractivity contribution in [3.05, 3.63) is 0 Å². The van der Waals surface area contributed by atoms with Crippen LogP contribution in [0.25, 0.3) is 0 Å². The second-order valence-electron chi connectivity index (χ2n) is 2.54. The zero-order chi connectivity index (χ0) is 10.9. The van der Waals surface area contributed by atoms with Gasteiger partial charge in [-0.15, -0.1) is 0 Å². The summed E-state index contributed by atoms with van der Waals surface area (Å²) < 4.78 is -2.44. The predicted octanol–water partition coefficient (Wildman–Crippen LogP) is 1.15. The molecule has 0 bridgehead atoms. The Hall–Kier alpha value is -0.0300. The van der Waals surface area contributed by atoms with Crippen molar-refractivity contribution in [3.8, 4) is 0 Å². The van der Waals surface area contributed by atoms with Crippen LogP contribution >= 0.6 is 34.8 Å². The second kappa shape index (κ2) is 4.00. The van der Waals surface area contributed by atoms with Crippen molar-refractivity contribution in [1.29, 1.82) is 0 Å². The average Bonchev–Trinajstić information content (AvgIpc) is 1.82. The van der Waals surface area contributed by atoms with Crippen molar-refractivity contribution < 1.29 is 19.8 Å². The molecule has 0 aromatic carbocycles. The number of hydrogen-bond acceptors (Lipinski definition) is 3. The van der Waals surface area contributed by atoms with Crippen LogP contribution in [0.5, 0.6) is 0 Å². The first-order valence-electron chi connectivity index (χ1n) is 3.13. The van der Waals surface area contributed by atoms with Crippen LogP contribution in [-0.4, -0.2) is 31.4 Å². The Balaban J connectivity index is 4.96. The molecule has 0 aliphatic heterocycles. The predicted molar refractivity (Wildman–Crippen MR) is 48.2 cm³/mol. The lowest BCUT2D eigenvalue weighted by Gasteiger charge is -2.29. The molecule has 0 saturated heterocycles. The molecular formula is C6H7Cl3O4. The number of hydrogen-bond donors (Lipinski definition) is 2. The van der Waals surface area contributed by atoms with E-state index in [2.05, 4.69) is 0 Å². The monoisotopic (exact) mass is 248 g/mol. The maximum atomic E-state index is 10.6. The number of carbonyl (C=O) groups excluding carboxylic acids is 1. The SMILES string of the molecule is CC(=O)CC(O)(C(=O)O)C(Cl)(Cl)Cl. The summed E-state index contributed by atoms with van der Waals surface area (Å²) in [6.45, 7) is 1.09. The van der Waals surface area contributed by atoms with Crippen molar-refractivity contribution in [2.24, 2.45) is 0 Å². The first-order valence-corrected chi connectivity index (χ1v) is 4.26. The highest BCUT2D eigenvalue weighted by Gasteiger charge is 2.54. The molecule has 0 aliphatic carbocycles. The fraction of sp³-hybridized carbons (Fsp3) is 0.667. The van der Waals surface area contributed by atoms with E-state index in [9.17, 15) is 14.7 Å². The van der Waals surface area contributed by atoms with E-state index < -0.39 is 27.6 Å². The van der Waals surface area contributed by atoms with E-state index in [1.807, 2.05) is 0 Å². The summed E-state index contributed by atoms with van der Waals surface area (Å²) in [7, 11) is 0. The van der Waals surface area contributed by atoms with Crippen molar-refractivity contribution in [3.63, 3.8) is 0 Å². The van der Waals surface area contributed by atoms with Crippen LogP contribution in [0.3, 0.4) is 0 Å². The quantitative estimate of drug-likeness (QED) is 0.736. The van der Waals surface area contributed by atoms with Crippen molar-refractivity contribution in [2.75, 3.05) is 0 Å². The molecule has 76 valence electrons. The third kappa shape index (κ3) is 2.98. The molecule has 4 nitrogen and oxygen atoms in total. The van der Waals surface area contributed by atoms with Gasteiger partial charge in [-0.1, -0.05) is 34.8 Å². The molecule has 0 spiro atoms. The highest BCUT2D eigenvalue weighted by atomic mass is 35.6. The maximum Gasteiger partial charge on any atom is 0.340 e. The fourth-order valence-electron chi connectivity index (χ4n) is 0.657. The van der Waals surface area contributed by atoms with Gasteiger partial charge in [0.25, 0.3) is 0 Å². The molecular weight excluding hydrogens is 242 g/mol. The van der Waals surface area contributed by atoms with Gasteiger partial charge in [-0.3, -0.25) is 4.79 Å². The van der Waals surface area contributed by atoms with Crippen molar-refractivity contribution >= 4 is 46.6 Å². The van der Waals surface area contributed by atoms with Gasteiger partial charge in [0.2, 0.25) is 9.39 Å². The summed E-state index contributed by atoms with van der Waals surface area (Å²) in [4.78, 5) is 21.2. The number of aliphatic hydroxyl groups is 1. The molecule has 0 radical (unpaired) electrons. The summed E-state index contributed by atoms with van der Waals surface area (Å²) >= 11 is 15.7. The number of alkyl halides is 3. The van der Waals surface area contributed by atoms with Gasteiger partial charge in [-0.05, 0) is 6.92 Å². The van der Waals surface area contributed by atoms with Gasteiger partial charge in [0.1, 0.15) is 5.78 Å². The average molecular weight is 249 g/mol. The summed E-state index contributed by atoms with van der Waals surface area (Å²) in [5, 5.41) is 17.9. The molecule has 13 heavy (non-hydrogen) atoms. The summed E-state index contributed by atoms with van der Waals surface area (Å²) in [6.07, 6.45) is -0.751. The van der Waals surface area contributed by atoms with Crippen LogP contribution < -0.4 is 0 Å². The minimum absolute atomic E-state index is 0.587. The molecule has 1 atom stereocenters. The number of carboxylic acids is 1. The van der Waals surface area contributed by atoms with Crippen LogP contribution in [0.4, 0.5) is 0 Å². The Morgan fingerprint density at radius 3 is 1.77 bits per heavy atom. The van der Waals surface area contributed by atoms with E-state index in [1.54, 1.807) is 0 Å². The Labute approximate surface area is 89.4 Å². The van der Waals surface area contributed by atoms with Crippen LogP contribution in [0.2, 0.25) is 0 Å². The molecule has 2 N–H and O–H groups in total. The lowest BCUT2D eigenvalue weighted by Crippen LogP contribution is -2.51. The zero-order valence-electron chi connectivity index (χ0n) is 6.55. The molecule has 0 aliphatic rings. The maximum absolute atomic E-state index is 10.6. The van der Waals surface area contributed by atoms with E-state index in [0.717, 1.165) is 6.92 Å². The Bertz CT molecular complexity index is 235. The topological polar surface area (TPSA) is 74.6 Å². The normalized spacial score (nSPS) is 16.4. The third-order valence-corrected chi connectivity index (χ3v) is 2.27. The molecule has 7 heteroatoms. The highest BCUT2D eigenvalue weighted by molar-refractivity contribution is 6.69. The smallest absolute Gasteiger partial charge is 0.340 e. The minimum Gasteiger partial charge on any atom is -0.479 e. The Kier molecular flexibility index (Phi) is 3.99. The third-order valence-electron chi connectivity index (χ3n) is 1.33. The summed E-state index contributed by atoms with van der Waals surface area (Å²) in [5.74, 6) is -2.33. The Morgan fingerprint density at radius 1 is 1.31 bits per heavy atom. The summed E-state index contributed by atoms with van der Waals surface area (Å²) in [6, 6.07) is 0. The lowest BCUT2D eigenvalue weighted by atomic mass is 10.00. The van der Waals surface area contributed by atoms with E-state index in [1.165, 1.54) is 0 Å².